The van der Waals surface area contributed by atoms with Crippen molar-refractivity contribution in [2.45, 2.75) is 40.3 Å². The van der Waals surface area contributed by atoms with Gasteiger partial charge >= 0.3 is 0 Å². The molecule has 1 amide bonds. The van der Waals surface area contributed by atoms with Gasteiger partial charge in [0.1, 0.15) is 10.2 Å². The van der Waals surface area contributed by atoms with Gasteiger partial charge in [-0.05, 0) is 44.9 Å². The molecule has 0 radical (unpaired) electrons. The Labute approximate surface area is 184 Å². The number of nitrogens with zero attached hydrogens (tertiary/aromatic N) is 4. The van der Waals surface area contributed by atoms with E-state index in [9.17, 15) is 4.79 Å². The normalized spacial score (nSPS) is 11.1. The van der Waals surface area contributed by atoms with Crippen LogP contribution in [0.2, 0.25) is 15.2 Å². The maximum atomic E-state index is 12.5. The predicted molar refractivity (Wildman–Crippen MR) is 116 cm³/mol. The topological polar surface area (TPSA) is 64.7 Å². The van der Waals surface area contributed by atoms with Crippen molar-refractivity contribution >= 4 is 40.7 Å². The zero-order valence-electron chi connectivity index (χ0n) is 16.5. The average Bonchev–Trinajstić information content (AvgIpc) is 3.09. The third-order valence-electron chi connectivity index (χ3n) is 4.64. The maximum Gasteiger partial charge on any atom is 0.251 e. The Hall–Kier alpha value is -2.02. The van der Waals surface area contributed by atoms with Gasteiger partial charge in [-0.25, -0.2) is 0 Å². The first-order valence-electron chi connectivity index (χ1n) is 9.23. The van der Waals surface area contributed by atoms with E-state index in [1.165, 1.54) is 0 Å². The van der Waals surface area contributed by atoms with Crippen LogP contribution in [-0.4, -0.2) is 32.0 Å². The van der Waals surface area contributed by atoms with Crippen molar-refractivity contribution in [1.29, 1.82) is 0 Å². The van der Waals surface area contributed by atoms with Crippen molar-refractivity contribution in [3.8, 4) is 0 Å². The lowest BCUT2D eigenvalue weighted by atomic mass is 10.1. The Morgan fingerprint density at radius 3 is 2.34 bits per heavy atom. The quantitative estimate of drug-likeness (QED) is 0.520. The first-order valence-corrected chi connectivity index (χ1v) is 10.4. The van der Waals surface area contributed by atoms with E-state index < -0.39 is 0 Å². The zero-order valence-corrected chi connectivity index (χ0v) is 18.7. The molecule has 1 N–H and O–H groups in total. The van der Waals surface area contributed by atoms with Gasteiger partial charge in [-0.1, -0.05) is 46.9 Å². The van der Waals surface area contributed by atoms with E-state index in [2.05, 4.69) is 15.5 Å². The molecular weight excluding hydrogens is 433 g/mol. The highest BCUT2D eigenvalue weighted by Gasteiger charge is 2.12. The van der Waals surface area contributed by atoms with Gasteiger partial charge < -0.3 is 5.32 Å². The minimum absolute atomic E-state index is 0.126. The Kier molecular flexibility index (Phi) is 6.88. The van der Waals surface area contributed by atoms with Crippen molar-refractivity contribution in [3.05, 3.63) is 67.7 Å². The van der Waals surface area contributed by atoms with E-state index in [0.717, 1.165) is 17.0 Å². The molecule has 154 valence electrons. The molecule has 3 aromatic rings. The monoisotopic (exact) mass is 453 g/mol. The maximum absolute atomic E-state index is 12.5. The van der Waals surface area contributed by atoms with E-state index in [4.69, 9.17) is 34.8 Å². The summed E-state index contributed by atoms with van der Waals surface area (Å²) in [5.74, 6) is -0.126. The van der Waals surface area contributed by atoms with E-state index in [1.807, 2.05) is 36.7 Å². The number of aromatic nitrogens is 4. The van der Waals surface area contributed by atoms with Crippen molar-refractivity contribution < 1.29 is 4.79 Å². The van der Waals surface area contributed by atoms with Crippen LogP contribution < -0.4 is 5.32 Å². The Morgan fingerprint density at radius 2 is 1.72 bits per heavy atom. The number of carbonyl (C=O) groups is 1. The third-order valence-corrected chi connectivity index (χ3v) is 6.12. The molecule has 2 heterocycles. The van der Waals surface area contributed by atoms with Crippen LogP contribution in [-0.2, 0) is 13.1 Å². The van der Waals surface area contributed by atoms with Gasteiger partial charge in [0.25, 0.3) is 5.91 Å². The Bertz CT molecular complexity index is 1040. The van der Waals surface area contributed by atoms with Crippen LogP contribution in [0.4, 0.5) is 0 Å². The molecule has 3 rings (SSSR count). The van der Waals surface area contributed by atoms with Gasteiger partial charge in [0, 0.05) is 18.7 Å². The number of benzene rings is 1. The lowest BCUT2D eigenvalue weighted by Crippen LogP contribution is -2.25. The minimum atomic E-state index is -0.126. The van der Waals surface area contributed by atoms with Crippen molar-refractivity contribution in [1.82, 2.24) is 24.9 Å². The summed E-state index contributed by atoms with van der Waals surface area (Å²) in [6.45, 7) is 7.24. The first kappa shape index (κ1) is 21.7. The van der Waals surface area contributed by atoms with Gasteiger partial charge in [0.2, 0.25) is 0 Å². The van der Waals surface area contributed by atoms with Crippen LogP contribution in [0.3, 0.4) is 0 Å². The highest BCUT2D eigenvalue weighted by Crippen LogP contribution is 2.25. The van der Waals surface area contributed by atoms with Crippen molar-refractivity contribution in [2.24, 2.45) is 0 Å². The highest BCUT2D eigenvalue weighted by molar-refractivity contribution is 6.41. The van der Waals surface area contributed by atoms with E-state index in [1.54, 1.807) is 17.7 Å². The number of rotatable bonds is 7. The highest BCUT2D eigenvalue weighted by atomic mass is 35.5. The largest absolute Gasteiger partial charge is 0.352 e. The summed E-state index contributed by atoms with van der Waals surface area (Å²) >= 11 is 18.4. The van der Waals surface area contributed by atoms with Gasteiger partial charge in [-0.3, -0.25) is 14.2 Å². The molecule has 0 unspecified atom stereocenters. The number of halogens is 3. The van der Waals surface area contributed by atoms with Crippen LogP contribution in [0.1, 0.15) is 39.4 Å². The number of hydrogen-bond donors (Lipinski definition) is 1. The van der Waals surface area contributed by atoms with Gasteiger partial charge in [0.15, 0.2) is 0 Å². The molecule has 9 heteroatoms. The van der Waals surface area contributed by atoms with Crippen LogP contribution in [0.5, 0.6) is 0 Å². The number of carbonyl (C=O) groups excluding carboxylic acids is 1. The molecule has 0 aliphatic carbocycles. The summed E-state index contributed by atoms with van der Waals surface area (Å²) in [4.78, 5) is 12.5. The minimum Gasteiger partial charge on any atom is -0.352 e. The molecular formula is C20H22Cl3N5O. The van der Waals surface area contributed by atoms with Crippen LogP contribution in [0.25, 0.3) is 0 Å². The second-order valence-corrected chi connectivity index (χ2v) is 7.98. The number of hydrogen-bond acceptors (Lipinski definition) is 3. The third kappa shape index (κ3) is 4.94. The number of aryl methyl sites for hydroxylation is 3. The molecule has 1 aromatic carbocycles. The molecule has 2 aromatic heterocycles. The van der Waals surface area contributed by atoms with Crippen LogP contribution in [0, 0.1) is 20.8 Å². The molecule has 6 nitrogen and oxygen atoms in total. The average molecular weight is 455 g/mol. The summed E-state index contributed by atoms with van der Waals surface area (Å²) in [5, 5.41) is 13.2. The standard InChI is InChI=1S/C20H22Cl3N5O/c1-12-17(21)14(3)28(26-12)11-15-6-4-7-16(10-15)20(29)24-8-5-9-27-19(23)18(22)13(2)25-27/h4,6-7,10H,5,8-9,11H2,1-3H3,(H,24,29). The molecule has 0 fully saturated rings. The smallest absolute Gasteiger partial charge is 0.251 e. The summed E-state index contributed by atoms with van der Waals surface area (Å²) in [6.07, 6.45) is 0.687. The fourth-order valence-corrected chi connectivity index (χ4v) is 3.56. The van der Waals surface area contributed by atoms with Crippen molar-refractivity contribution in [3.63, 3.8) is 0 Å². The number of amides is 1. The zero-order chi connectivity index (χ0) is 21.1. The van der Waals surface area contributed by atoms with E-state index >= 15 is 0 Å². The fourth-order valence-electron chi connectivity index (χ4n) is 3.03. The lowest BCUT2D eigenvalue weighted by molar-refractivity contribution is 0.0952. The second-order valence-electron chi connectivity index (χ2n) is 6.87. The molecule has 0 aliphatic rings. The number of nitrogens with one attached hydrogen (secondary N) is 1. The second kappa shape index (κ2) is 9.20. The SMILES string of the molecule is Cc1nn(Cc2cccc(C(=O)NCCCn3nc(C)c(Cl)c3Cl)c2)c(C)c1Cl. The van der Waals surface area contributed by atoms with E-state index in [-0.39, 0.29) is 5.91 Å². The van der Waals surface area contributed by atoms with Gasteiger partial charge in [-0.15, -0.1) is 0 Å². The molecule has 0 spiro atoms. The van der Waals surface area contributed by atoms with Crippen LogP contribution >= 0.6 is 34.8 Å². The Balaban J connectivity index is 1.56. The van der Waals surface area contributed by atoms with Gasteiger partial charge in [-0.2, -0.15) is 10.2 Å². The molecule has 0 atom stereocenters. The Morgan fingerprint density at radius 1 is 1.03 bits per heavy atom. The summed E-state index contributed by atoms with van der Waals surface area (Å²) in [6, 6.07) is 7.49. The van der Waals surface area contributed by atoms with Crippen LogP contribution in [0.15, 0.2) is 24.3 Å². The summed E-state index contributed by atoms with van der Waals surface area (Å²) in [7, 11) is 0. The molecule has 0 bridgehead atoms. The fraction of sp³-hybridized carbons (Fsp3) is 0.350. The van der Waals surface area contributed by atoms with Crippen molar-refractivity contribution in [2.75, 3.05) is 6.54 Å². The molecule has 0 saturated carbocycles. The lowest BCUT2D eigenvalue weighted by Gasteiger charge is -2.09. The molecule has 0 saturated heterocycles. The summed E-state index contributed by atoms with van der Waals surface area (Å²) < 4.78 is 3.49. The molecule has 0 aliphatic heterocycles. The first-order chi connectivity index (χ1) is 13.8. The van der Waals surface area contributed by atoms with Gasteiger partial charge in [0.05, 0.1) is 28.6 Å². The predicted octanol–water partition coefficient (Wildman–Crippen LogP) is 4.83. The van der Waals surface area contributed by atoms with E-state index in [0.29, 0.717) is 52.5 Å². The summed E-state index contributed by atoms with van der Waals surface area (Å²) in [5.41, 5.74) is 3.99. The molecule has 29 heavy (non-hydrogen) atoms.